The van der Waals surface area contributed by atoms with Gasteiger partial charge >= 0.3 is 6.18 Å². The smallest absolute Gasteiger partial charge is 0.383 e. The van der Waals surface area contributed by atoms with Crippen molar-refractivity contribution in [2.24, 2.45) is 5.92 Å². The first kappa shape index (κ1) is 23.5. The van der Waals surface area contributed by atoms with E-state index in [2.05, 4.69) is 5.32 Å². The molecule has 1 aliphatic rings. The van der Waals surface area contributed by atoms with Crippen LogP contribution in [0.3, 0.4) is 0 Å². The summed E-state index contributed by atoms with van der Waals surface area (Å²) in [6.07, 6.45) is -4.67. The number of nitrogens with one attached hydrogen (secondary N) is 1. The molecule has 1 fully saturated rings. The summed E-state index contributed by atoms with van der Waals surface area (Å²) in [7, 11) is 1.49. The van der Waals surface area contributed by atoms with Gasteiger partial charge in [-0.3, -0.25) is 9.59 Å². The van der Waals surface area contributed by atoms with Crippen LogP contribution in [0.25, 0.3) is 0 Å². The summed E-state index contributed by atoms with van der Waals surface area (Å²) in [5.74, 6) is -0.912. The van der Waals surface area contributed by atoms with E-state index in [0.29, 0.717) is 6.61 Å². The van der Waals surface area contributed by atoms with Crippen LogP contribution in [0.2, 0.25) is 0 Å². The summed E-state index contributed by atoms with van der Waals surface area (Å²) < 4.78 is 44.9. The van der Waals surface area contributed by atoms with Gasteiger partial charge in [-0.15, -0.1) is 0 Å². The van der Waals surface area contributed by atoms with E-state index < -0.39 is 29.3 Å². The van der Waals surface area contributed by atoms with E-state index in [0.717, 1.165) is 12.1 Å². The molecule has 1 saturated heterocycles. The minimum absolute atomic E-state index is 0.0421. The Balaban J connectivity index is 2.31. The van der Waals surface area contributed by atoms with Crippen LogP contribution in [-0.4, -0.2) is 62.7 Å². The van der Waals surface area contributed by atoms with E-state index in [1.807, 2.05) is 0 Å². The summed E-state index contributed by atoms with van der Waals surface area (Å²) in [5.41, 5.74) is -1.24. The Bertz CT molecular complexity index is 820. The summed E-state index contributed by atoms with van der Waals surface area (Å²) in [6.45, 7) is 4.51. The molecular formula is C20H25F3N4O3. The second-order valence-corrected chi connectivity index (χ2v) is 7.27. The number of piperazine rings is 1. The van der Waals surface area contributed by atoms with Gasteiger partial charge in [-0.05, 0) is 18.2 Å². The maximum atomic E-state index is 13.3. The fraction of sp³-hybridized carbons (Fsp3) is 0.550. The first-order valence-corrected chi connectivity index (χ1v) is 9.53. The van der Waals surface area contributed by atoms with Gasteiger partial charge in [0.05, 0.1) is 23.8 Å². The molecule has 2 amide bonds. The van der Waals surface area contributed by atoms with Crippen molar-refractivity contribution in [1.82, 2.24) is 10.2 Å². The van der Waals surface area contributed by atoms with Gasteiger partial charge in [0.2, 0.25) is 11.8 Å². The molecule has 0 radical (unpaired) electrons. The Labute approximate surface area is 173 Å². The number of alkyl halides is 3. The number of benzene rings is 1. The van der Waals surface area contributed by atoms with E-state index in [1.54, 1.807) is 24.8 Å². The van der Waals surface area contributed by atoms with Crippen LogP contribution in [0.1, 0.15) is 25.0 Å². The lowest BCUT2D eigenvalue weighted by Crippen LogP contribution is -2.61. The SMILES string of the molecule is COCCNC(=O)C1CN(c2ccc(C#N)c(C(F)(F)F)c2)CCN1C(=O)C(C)C. The van der Waals surface area contributed by atoms with Crippen LogP contribution < -0.4 is 10.2 Å². The second-order valence-electron chi connectivity index (χ2n) is 7.27. The fourth-order valence-electron chi connectivity index (χ4n) is 3.29. The van der Waals surface area contributed by atoms with Crippen molar-refractivity contribution in [2.45, 2.75) is 26.1 Å². The Kier molecular flexibility index (Phi) is 7.67. The number of anilines is 1. The van der Waals surface area contributed by atoms with Gasteiger partial charge in [-0.1, -0.05) is 13.8 Å². The number of methoxy groups -OCH3 is 1. The fourth-order valence-corrected chi connectivity index (χ4v) is 3.29. The molecule has 1 aromatic carbocycles. The molecule has 7 nitrogen and oxygen atoms in total. The topological polar surface area (TPSA) is 85.7 Å². The highest BCUT2D eigenvalue weighted by Gasteiger charge is 2.38. The third-order valence-electron chi connectivity index (χ3n) is 4.86. The highest BCUT2D eigenvalue weighted by molar-refractivity contribution is 5.89. The third kappa shape index (κ3) is 5.42. The number of carbonyl (C=O) groups excluding carboxylic acids is 2. The van der Waals surface area contributed by atoms with Crippen LogP contribution in [0.5, 0.6) is 0 Å². The first-order valence-electron chi connectivity index (χ1n) is 9.53. The Hall–Kier alpha value is -2.80. The number of hydrogen-bond donors (Lipinski definition) is 1. The van der Waals surface area contributed by atoms with Gasteiger partial charge in [-0.2, -0.15) is 18.4 Å². The number of halogens is 3. The molecule has 10 heteroatoms. The molecular weight excluding hydrogens is 401 g/mol. The Morgan fingerprint density at radius 3 is 2.60 bits per heavy atom. The largest absolute Gasteiger partial charge is 0.417 e. The van der Waals surface area contributed by atoms with Crippen molar-refractivity contribution in [3.05, 3.63) is 29.3 Å². The Morgan fingerprint density at radius 2 is 2.03 bits per heavy atom. The highest BCUT2D eigenvalue weighted by Crippen LogP contribution is 2.35. The monoisotopic (exact) mass is 426 g/mol. The van der Waals surface area contributed by atoms with Gasteiger partial charge in [0.1, 0.15) is 6.04 Å². The van der Waals surface area contributed by atoms with Crippen LogP contribution in [-0.2, 0) is 20.5 Å². The van der Waals surface area contributed by atoms with Crippen molar-refractivity contribution < 1.29 is 27.5 Å². The molecule has 1 unspecified atom stereocenters. The number of rotatable bonds is 6. The molecule has 0 spiro atoms. The number of carbonyl (C=O) groups is 2. The first-order chi connectivity index (χ1) is 14.1. The normalized spacial score (nSPS) is 17.1. The lowest BCUT2D eigenvalue weighted by atomic mass is 10.0. The zero-order chi connectivity index (χ0) is 22.5. The zero-order valence-corrected chi connectivity index (χ0v) is 17.1. The van der Waals surface area contributed by atoms with Crippen molar-refractivity contribution in [3.63, 3.8) is 0 Å². The Morgan fingerprint density at radius 1 is 1.33 bits per heavy atom. The van der Waals surface area contributed by atoms with Crippen molar-refractivity contribution >= 4 is 17.5 Å². The molecule has 164 valence electrons. The van der Waals surface area contributed by atoms with Crippen LogP contribution in [0.4, 0.5) is 18.9 Å². The van der Waals surface area contributed by atoms with Crippen molar-refractivity contribution in [2.75, 3.05) is 44.8 Å². The number of nitrogens with zero attached hydrogens (tertiary/aromatic N) is 3. The predicted molar refractivity (Wildman–Crippen MR) is 104 cm³/mol. The summed E-state index contributed by atoms with van der Waals surface area (Å²) >= 11 is 0. The molecule has 1 aliphatic heterocycles. The molecule has 2 rings (SSSR count). The summed E-state index contributed by atoms with van der Waals surface area (Å²) in [6, 6.07) is 4.17. The minimum atomic E-state index is -4.67. The molecule has 1 heterocycles. The molecule has 1 atom stereocenters. The third-order valence-corrected chi connectivity index (χ3v) is 4.86. The van der Waals surface area contributed by atoms with E-state index >= 15 is 0 Å². The molecule has 1 N–H and O–H groups in total. The number of ether oxygens (including phenoxy) is 1. The van der Waals surface area contributed by atoms with Crippen LogP contribution in [0.15, 0.2) is 18.2 Å². The van der Waals surface area contributed by atoms with Gasteiger partial charge in [0.25, 0.3) is 0 Å². The average molecular weight is 426 g/mol. The highest BCUT2D eigenvalue weighted by atomic mass is 19.4. The minimum Gasteiger partial charge on any atom is -0.383 e. The number of hydrogen-bond acceptors (Lipinski definition) is 5. The molecule has 0 aromatic heterocycles. The molecule has 30 heavy (non-hydrogen) atoms. The van der Waals surface area contributed by atoms with E-state index in [-0.39, 0.29) is 43.7 Å². The van der Waals surface area contributed by atoms with Gasteiger partial charge in [0.15, 0.2) is 0 Å². The zero-order valence-electron chi connectivity index (χ0n) is 17.1. The van der Waals surface area contributed by atoms with E-state index in [4.69, 9.17) is 10.00 Å². The van der Waals surface area contributed by atoms with Gasteiger partial charge in [-0.25, -0.2) is 0 Å². The van der Waals surface area contributed by atoms with Gasteiger partial charge in [0, 0.05) is 44.9 Å². The molecule has 0 aliphatic carbocycles. The van der Waals surface area contributed by atoms with Gasteiger partial charge < -0.3 is 19.9 Å². The van der Waals surface area contributed by atoms with E-state index in [1.165, 1.54) is 18.1 Å². The van der Waals surface area contributed by atoms with Crippen molar-refractivity contribution in [3.8, 4) is 6.07 Å². The van der Waals surface area contributed by atoms with E-state index in [9.17, 15) is 22.8 Å². The lowest BCUT2D eigenvalue weighted by molar-refractivity contribution is -0.143. The quantitative estimate of drug-likeness (QED) is 0.704. The van der Waals surface area contributed by atoms with Crippen LogP contribution >= 0.6 is 0 Å². The molecule has 0 bridgehead atoms. The standard InChI is InChI=1S/C20H25F3N4O3/c1-13(2)19(29)27-8-7-26(12-17(27)18(28)25-6-9-30-3)15-5-4-14(11-24)16(10-15)20(21,22)23/h4-5,10,13,17H,6-9,12H2,1-3H3,(H,25,28). The molecule has 1 aromatic rings. The number of amides is 2. The summed E-state index contributed by atoms with van der Waals surface area (Å²) in [5, 5.41) is 11.7. The second kappa shape index (κ2) is 9.80. The summed E-state index contributed by atoms with van der Waals surface area (Å²) in [4.78, 5) is 28.4. The molecule has 0 saturated carbocycles. The maximum absolute atomic E-state index is 13.3. The van der Waals surface area contributed by atoms with Crippen LogP contribution in [0, 0.1) is 17.2 Å². The predicted octanol–water partition coefficient (Wildman–Crippen LogP) is 2.01. The lowest BCUT2D eigenvalue weighted by Gasteiger charge is -2.42. The van der Waals surface area contributed by atoms with Crippen molar-refractivity contribution in [1.29, 1.82) is 5.26 Å². The number of nitriles is 1. The average Bonchev–Trinajstić information content (AvgIpc) is 2.71. The maximum Gasteiger partial charge on any atom is 0.417 e.